The van der Waals surface area contributed by atoms with Gasteiger partial charge in [0.25, 0.3) is 0 Å². The van der Waals surface area contributed by atoms with Gasteiger partial charge in [-0.25, -0.2) is 39.9 Å². The number of nitrogens with zero attached hydrogens (tertiary/aromatic N) is 8. The third kappa shape index (κ3) is 5.32. The summed E-state index contributed by atoms with van der Waals surface area (Å²) in [4.78, 5) is 42.3. The molecule has 6 aromatic heterocycles. The quantitative estimate of drug-likeness (QED) is 0.323. The fourth-order valence-electron chi connectivity index (χ4n) is 3.13. The summed E-state index contributed by atoms with van der Waals surface area (Å²) in [7, 11) is 0. The van der Waals surface area contributed by atoms with Crippen molar-refractivity contribution in [3.05, 3.63) is 59.2 Å². The number of aromatic amines is 3. The van der Waals surface area contributed by atoms with Crippen molar-refractivity contribution in [2.75, 3.05) is 0 Å². The molecule has 0 aliphatic heterocycles. The minimum atomic E-state index is 0.688. The summed E-state index contributed by atoms with van der Waals surface area (Å²) in [6, 6.07) is 2.04. The first kappa shape index (κ1) is 21.9. The molecule has 6 heterocycles. The van der Waals surface area contributed by atoms with Gasteiger partial charge in [0.1, 0.15) is 28.8 Å². The average Bonchev–Trinajstić information content (AvgIpc) is 3.41. The largest absolute Gasteiger partial charge is 0.341 e. The average molecular weight is 444 g/mol. The molecule has 0 atom stereocenters. The van der Waals surface area contributed by atoms with Crippen LogP contribution in [0.2, 0.25) is 0 Å². The highest BCUT2D eigenvalue weighted by atomic mass is 15.0. The van der Waals surface area contributed by atoms with E-state index in [-0.39, 0.29) is 0 Å². The number of fused-ring (bicyclic) bond motifs is 3. The van der Waals surface area contributed by atoms with E-state index in [1.54, 1.807) is 12.4 Å². The second-order valence-electron chi connectivity index (χ2n) is 7.69. The normalized spacial score (nSPS) is 10.7. The van der Waals surface area contributed by atoms with Crippen molar-refractivity contribution in [2.45, 2.75) is 41.5 Å². The Bertz CT molecular complexity index is 1360. The first-order chi connectivity index (χ1) is 15.8. The lowest BCUT2D eigenvalue weighted by molar-refractivity contribution is 1.08. The standard InChI is InChI=1S/C8H9N3.2C7H8N4/c1-5-3-7-8(9-4-5)11-6(2)10-7;1-4-8-3-6-7(10-4)11-5(2)9-6;1-4-3-8-6-7(9-4)11-5(2)10-6/h3-4H,1-2H3,(H,9,10,11);2*3H,1-2H3,(H,8,9,10,11). The van der Waals surface area contributed by atoms with Gasteiger partial charge in [-0.3, -0.25) is 0 Å². The molecule has 0 aliphatic rings. The minimum Gasteiger partial charge on any atom is -0.341 e. The van der Waals surface area contributed by atoms with E-state index in [0.29, 0.717) is 5.65 Å². The Labute approximate surface area is 189 Å². The molecule has 0 aliphatic carbocycles. The Morgan fingerprint density at radius 2 is 1.18 bits per heavy atom. The van der Waals surface area contributed by atoms with Crippen LogP contribution in [0.4, 0.5) is 0 Å². The maximum absolute atomic E-state index is 4.22. The Hall–Kier alpha value is -4.28. The number of imidazole rings is 3. The summed E-state index contributed by atoms with van der Waals surface area (Å²) in [6.07, 6.45) is 5.28. The Morgan fingerprint density at radius 3 is 1.97 bits per heavy atom. The molecule has 0 unspecified atom stereocenters. The number of rotatable bonds is 0. The molecule has 0 saturated heterocycles. The van der Waals surface area contributed by atoms with Gasteiger partial charge in [0.05, 0.1) is 23.6 Å². The van der Waals surface area contributed by atoms with E-state index in [1.807, 2.05) is 53.8 Å². The van der Waals surface area contributed by atoms with Crippen molar-refractivity contribution in [3.63, 3.8) is 0 Å². The molecular weight excluding hydrogens is 418 g/mol. The fourth-order valence-corrected chi connectivity index (χ4v) is 3.13. The first-order valence-electron chi connectivity index (χ1n) is 10.4. The van der Waals surface area contributed by atoms with Crippen LogP contribution in [0.3, 0.4) is 0 Å². The summed E-state index contributed by atoms with van der Waals surface area (Å²) in [5.74, 6) is 3.40. The summed E-state index contributed by atoms with van der Waals surface area (Å²) >= 11 is 0. The number of aryl methyl sites for hydroxylation is 6. The maximum atomic E-state index is 4.22. The van der Waals surface area contributed by atoms with Crippen LogP contribution >= 0.6 is 0 Å². The highest BCUT2D eigenvalue weighted by Gasteiger charge is 2.01. The summed E-state index contributed by atoms with van der Waals surface area (Å²) in [6.45, 7) is 11.5. The van der Waals surface area contributed by atoms with Crippen LogP contribution in [0.1, 0.15) is 34.6 Å². The molecule has 33 heavy (non-hydrogen) atoms. The van der Waals surface area contributed by atoms with Crippen LogP contribution in [0.25, 0.3) is 33.6 Å². The van der Waals surface area contributed by atoms with E-state index in [9.17, 15) is 0 Å². The molecule has 168 valence electrons. The fraction of sp³-hybridized carbons (Fsp3) is 0.273. The smallest absolute Gasteiger partial charge is 0.197 e. The van der Waals surface area contributed by atoms with Crippen LogP contribution < -0.4 is 0 Å². The molecule has 0 aromatic carbocycles. The van der Waals surface area contributed by atoms with Crippen LogP contribution in [0.15, 0.2) is 24.7 Å². The summed E-state index contributed by atoms with van der Waals surface area (Å²) in [5, 5.41) is 0. The lowest BCUT2D eigenvalue weighted by atomic mass is 10.3. The third-order valence-corrected chi connectivity index (χ3v) is 4.52. The number of aromatic nitrogens is 11. The predicted molar refractivity (Wildman–Crippen MR) is 126 cm³/mol. The molecule has 6 rings (SSSR count). The molecule has 0 amide bonds. The highest BCUT2D eigenvalue weighted by molar-refractivity contribution is 5.71. The van der Waals surface area contributed by atoms with Gasteiger partial charge < -0.3 is 15.0 Å². The molecule has 3 N–H and O–H groups in total. The molecule has 0 radical (unpaired) electrons. The zero-order valence-corrected chi connectivity index (χ0v) is 19.4. The van der Waals surface area contributed by atoms with E-state index < -0.39 is 0 Å². The van der Waals surface area contributed by atoms with Crippen LogP contribution in [-0.4, -0.2) is 54.8 Å². The number of H-pyrrole nitrogens is 3. The number of hydrogen-bond donors (Lipinski definition) is 3. The molecule has 11 nitrogen and oxygen atoms in total. The van der Waals surface area contributed by atoms with Gasteiger partial charge in [-0.1, -0.05) is 0 Å². The van der Waals surface area contributed by atoms with Gasteiger partial charge in [-0.15, -0.1) is 0 Å². The Kier molecular flexibility index (Phi) is 6.03. The topological polar surface area (TPSA) is 150 Å². The Morgan fingerprint density at radius 1 is 0.545 bits per heavy atom. The van der Waals surface area contributed by atoms with Crippen molar-refractivity contribution < 1.29 is 0 Å². The van der Waals surface area contributed by atoms with Gasteiger partial charge in [0, 0.05) is 6.20 Å². The molecule has 6 aromatic rings. The van der Waals surface area contributed by atoms with Gasteiger partial charge in [-0.2, -0.15) is 0 Å². The van der Waals surface area contributed by atoms with Crippen molar-refractivity contribution >= 4 is 33.6 Å². The van der Waals surface area contributed by atoms with Crippen molar-refractivity contribution in [1.82, 2.24) is 54.8 Å². The van der Waals surface area contributed by atoms with E-state index in [0.717, 1.165) is 62.5 Å². The first-order valence-corrected chi connectivity index (χ1v) is 10.4. The Balaban J connectivity index is 0.000000118. The minimum absolute atomic E-state index is 0.688. The van der Waals surface area contributed by atoms with Gasteiger partial charge in [0.15, 0.2) is 22.6 Å². The third-order valence-electron chi connectivity index (χ3n) is 4.52. The van der Waals surface area contributed by atoms with Crippen LogP contribution in [0.5, 0.6) is 0 Å². The van der Waals surface area contributed by atoms with E-state index in [4.69, 9.17) is 0 Å². The zero-order chi connectivity index (χ0) is 23.5. The SMILES string of the molecule is Cc1cnc2nc(C)[nH]c2c1.Cc1cnc2nc(C)[nH]c2n1.Cc1ncc2[nH]c(C)nc2n1. The lowest BCUT2D eigenvalue weighted by Crippen LogP contribution is -1.85. The summed E-state index contributed by atoms with van der Waals surface area (Å²) in [5.41, 5.74) is 6.97. The lowest BCUT2D eigenvalue weighted by Gasteiger charge is -1.88. The van der Waals surface area contributed by atoms with E-state index >= 15 is 0 Å². The second kappa shape index (κ2) is 9.07. The summed E-state index contributed by atoms with van der Waals surface area (Å²) < 4.78 is 0. The molecule has 11 heteroatoms. The number of hydrogen-bond acceptors (Lipinski definition) is 8. The number of nitrogens with one attached hydrogen (secondary N) is 3. The molecule has 0 spiro atoms. The molecular formula is C22H25N11. The predicted octanol–water partition coefficient (Wildman–Crippen LogP) is 3.51. The molecule has 0 saturated carbocycles. The second-order valence-corrected chi connectivity index (χ2v) is 7.69. The van der Waals surface area contributed by atoms with Gasteiger partial charge >= 0.3 is 0 Å². The maximum Gasteiger partial charge on any atom is 0.197 e. The van der Waals surface area contributed by atoms with Crippen molar-refractivity contribution in [2.24, 2.45) is 0 Å². The van der Waals surface area contributed by atoms with Crippen LogP contribution in [0, 0.1) is 41.5 Å². The van der Waals surface area contributed by atoms with E-state index in [1.165, 1.54) is 0 Å². The van der Waals surface area contributed by atoms with Crippen LogP contribution in [-0.2, 0) is 0 Å². The molecule has 0 fully saturated rings. The van der Waals surface area contributed by atoms with Crippen molar-refractivity contribution in [3.8, 4) is 0 Å². The van der Waals surface area contributed by atoms with Gasteiger partial charge in [-0.05, 0) is 53.2 Å². The highest BCUT2D eigenvalue weighted by Crippen LogP contribution is 2.09. The number of pyridine rings is 1. The zero-order valence-electron chi connectivity index (χ0n) is 19.4. The monoisotopic (exact) mass is 443 g/mol. The van der Waals surface area contributed by atoms with E-state index in [2.05, 4.69) is 54.8 Å². The van der Waals surface area contributed by atoms with Crippen molar-refractivity contribution in [1.29, 1.82) is 0 Å². The van der Waals surface area contributed by atoms with Gasteiger partial charge in [0.2, 0.25) is 0 Å². The molecule has 0 bridgehead atoms.